The molecule has 0 saturated heterocycles. The molecule has 0 heterocycles. The zero-order chi connectivity index (χ0) is 17.9. The maximum absolute atomic E-state index is 12.2. The molecular formula is C16H15Cl2NO4S. The third-order valence-electron chi connectivity index (χ3n) is 3.30. The van der Waals surface area contributed by atoms with E-state index in [1.165, 1.54) is 13.1 Å². The number of hydrogen-bond acceptors (Lipinski definition) is 4. The molecule has 24 heavy (non-hydrogen) atoms. The van der Waals surface area contributed by atoms with Crippen LogP contribution < -0.4 is 9.04 Å². The van der Waals surface area contributed by atoms with Crippen LogP contribution in [0.1, 0.15) is 10.4 Å². The summed E-state index contributed by atoms with van der Waals surface area (Å²) >= 11 is 11.8. The molecule has 2 rings (SSSR count). The highest BCUT2D eigenvalue weighted by molar-refractivity contribution is 7.92. The number of anilines is 1. The summed E-state index contributed by atoms with van der Waals surface area (Å²) in [7, 11) is -1.91. The Balaban J connectivity index is 2.07. The highest BCUT2D eigenvalue weighted by atomic mass is 35.5. The number of rotatable bonds is 6. The molecule has 0 saturated carbocycles. The van der Waals surface area contributed by atoms with Crippen LogP contribution in [0.15, 0.2) is 42.5 Å². The fraction of sp³-hybridized carbons (Fsp3) is 0.188. The molecule has 128 valence electrons. The Morgan fingerprint density at radius 1 is 1.12 bits per heavy atom. The first kappa shape index (κ1) is 18.6. The van der Waals surface area contributed by atoms with Gasteiger partial charge in [-0.3, -0.25) is 9.10 Å². The van der Waals surface area contributed by atoms with Gasteiger partial charge in [0.1, 0.15) is 5.75 Å². The molecule has 2 aromatic carbocycles. The normalized spacial score (nSPS) is 11.2. The molecule has 0 radical (unpaired) electrons. The smallest absolute Gasteiger partial charge is 0.231 e. The molecule has 0 bridgehead atoms. The summed E-state index contributed by atoms with van der Waals surface area (Å²) in [6.45, 7) is -0.207. The van der Waals surface area contributed by atoms with Crippen LogP contribution in [0, 0.1) is 0 Å². The summed E-state index contributed by atoms with van der Waals surface area (Å²) < 4.78 is 29.5. The molecule has 0 atom stereocenters. The summed E-state index contributed by atoms with van der Waals surface area (Å²) in [4.78, 5) is 12.2. The quantitative estimate of drug-likeness (QED) is 0.709. The lowest BCUT2D eigenvalue weighted by atomic mass is 10.1. The molecule has 0 spiro atoms. The van der Waals surface area contributed by atoms with Crippen LogP contribution in [0.5, 0.6) is 5.75 Å². The standard InChI is InChI=1S/C16H15Cl2NO4S/c1-19(24(2,21)22)13-6-3-11(4-7-13)15(20)10-23-16-9-12(17)5-8-14(16)18/h3-9H,10H2,1-2H3. The van der Waals surface area contributed by atoms with E-state index in [1.54, 1.807) is 36.4 Å². The monoisotopic (exact) mass is 387 g/mol. The van der Waals surface area contributed by atoms with Crippen LogP contribution in [-0.4, -0.2) is 34.1 Å². The third kappa shape index (κ3) is 4.63. The van der Waals surface area contributed by atoms with E-state index in [2.05, 4.69) is 0 Å². The maximum Gasteiger partial charge on any atom is 0.231 e. The number of sulfonamides is 1. The summed E-state index contributed by atoms with van der Waals surface area (Å²) in [5.74, 6) is 0.0607. The second-order valence-electron chi connectivity index (χ2n) is 5.06. The molecule has 0 aliphatic heterocycles. The van der Waals surface area contributed by atoms with E-state index < -0.39 is 10.0 Å². The van der Waals surface area contributed by atoms with Crippen molar-refractivity contribution < 1.29 is 17.9 Å². The molecule has 0 aliphatic carbocycles. The van der Waals surface area contributed by atoms with Crippen LogP contribution in [-0.2, 0) is 10.0 Å². The number of carbonyl (C=O) groups excluding carboxylic acids is 1. The van der Waals surface area contributed by atoms with Crippen molar-refractivity contribution in [1.29, 1.82) is 0 Å². The van der Waals surface area contributed by atoms with Crippen LogP contribution >= 0.6 is 23.2 Å². The Morgan fingerprint density at radius 2 is 1.75 bits per heavy atom. The van der Waals surface area contributed by atoms with Crippen LogP contribution in [0.25, 0.3) is 0 Å². The van der Waals surface area contributed by atoms with Gasteiger partial charge in [0, 0.05) is 23.7 Å². The Kier molecular flexibility index (Phi) is 5.74. The van der Waals surface area contributed by atoms with Crippen LogP contribution in [0.2, 0.25) is 10.0 Å². The lowest BCUT2D eigenvalue weighted by Crippen LogP contribution is -2.24. The number of carbonyl (C=O) groups is 1. The molecular weight excluding hydrogens is 373 g/mol. The Labute approximate surface area is 150 Å². The maximum atomic E-state index is 12.2. The Hall–Kier alpha value is -1.76. The number of nitrogens with zero attached hydrogens (tertiary/aromatic N) is 1. The van der Waals surface area contributed by atoms with Gasteiger partial charge in [-0.15, -0.1) is 0 Å². The molecule has 0 N–H and O–H groups in total. The lowest BCUT2D eigenvalue weighted by Gasteiger charge is -2.16. The van der Waals surface area contributed by atoms with Crippen molar-refractivity contribution in [2.45, 2.75) is 0 Å². The van der Waals surface area contributed by atoms with Crippen molar-refractivity contribution in [3.8, 4) is 5.75 Å². The third-order valence-corrected chi connectivity index (χ3v) is 5.06. The molecule has 0 amide bonds. The second kappa shape index (κ2) is 7.42. The highest BCUT2D eigenvalue weighted by Crippen LogP contribution is 2.27. The predicted molar refractivity (Wildman–Crippen MR) is 96.0 cm³/mol. The number of hydrogen-bond donors (Lipinski definition) is 0. The number of halogens is 2. The average Bonchev–Trinajstić information content (AvgIpc) is 2.54. The second-order valence-corrected chi connectivity index (χ2v) is 7.92. The van der Waals surface area contributed by atoms with Gasteiger partial charge in [0.05, 0.1) is 17.0 Å². The van der Waals surface area contributed by atoms with Gasteiger partial charge in [-0.05, 0) is 36.4 Å². The first-order valence-corrected chi connectivity index (χ1v) is 9.44. The highest BCUT2D eigenvalue weighted by Gasteiger charge is 2.13. The van der Waals surface area contributed by atoms with Crippen molar-refractivity contribution >= 4 is 44.7 Å². The molecule has 0 fully saturated rings. The summed E-state index contributed by atoms with van der Waals surface area (Å²) in [6.07, 6.45) is 1.11. The van der Waals surface area contributed by atoms with Gasteiger partial charge in [0.25, 0.3) is 0 Å². The van der Waals surface area contributed by atoms with E-state index in [0.29, 0.717) is 27.0 Å². The van der Waals surface area contributed by atoms with Crippen molar-refractivity contribution in [3.63, 3.8) is 0 Å². The van der Waals surface area contributed by atoms with E-state index in [1.807, 2.05) is 0 Å². The van der Waals surface area contributed by atoms with Crippen LogP contribution in [0.4, 0.5) is 5.69 Å². The molecule has 0 aromatic heterocycles. The van der Waals surface area contributed by atoms with Crippen molar-refractivity contribution in [2.75, 3.05) is 24.2 Å². The van der Waals surface area contributed by atoms with E-state index in [0.717, 1.165) is 10.6 Å². The van der Waals surface area contributed by atoms with Gasteiger partial charge < -0.3 is 4.74 Å². The summed E-state index contributed by atoms with van der Waals surface area (Å²) in [5, 5.41) is 0.812. The Bertz CT molecular complexity index is 851. The van der Waals surface area contributed by atoms with Gasteiger partial charge in [-0.25, -0.2) is 8.42 Å². The summed E-state index contributed by atoms with van der Waals surface area (Å²) in [6, 6.07) is 10.9. The van der Waals surface area contributed by atoms with E-state index >= 15 is 0 Å². The SMILES string of the molecule is CN(c1ccc(C(=O)COc2cc(Cl)ccc2Cl)cc1)S(C)(=O)=O. The van der Waals surface area contributed by atoms with Crippen molar-refractivity contribution in [2.24, 2.45) is 0 Å². The van der Waals surface area contributed by atoms with Crippen LogP contribution in [0.3, 0.4) is 0 Å². The lowest BCUT2D eigenvalue weighted by molar-refractivity contribution is 0.0921. The van der Waals surface area contributed by atoms with E-state index in [9.17, 15) is 13.2 Å². The van der Waals surface area contributed by atoms with Gasteiger partial charge in [-0.2, -0.15) is 0 Å². The predicted octanol–water partition coefficient (Wildman–Crippen LogP) is 3.65. The molecule has 0 aliphatic rings. The fourth-order valence-electron chi connectivity index (χ4n) is 1.86. The van der Waals surface area contributed by atoms with Crippen molar-refractivity contribution in [3.05, 3.63) is 58.1 Å². The zero-order valence-corrected chi connectivity index (χ0v) is 15.3. The first-order chi connectivity index (χ1) is 11.2. The van der Waals surface area contributed by atoms with Gasteiger partial charge in [0.15, 0.2) is 12.4 Å². The zero-order valence-electron chi connectivity index (χ0n) is 13.0. The minimum absolute atomic E-state index is 0.207. The number of ether oxygens (including phenoxy) is 1. The molecule has 2 aromatic rings. The van der Waals surface area contributed by atoms with Gasteiger partial charge >= 0.3 is 0 Å². The van der Waals surface area contributed by atoms with E-state index in [4.69, 9.17) is 27.9 Å². The molecule has 8 heteroatoms. The topological polar surface area (TPSA) is 63.7 Å². The molecule has 0 unspecified atom stereocenters. The number of benzene rings is 2. The van der Waals surface area contributed by atoms with Gasteiger partial charge in [0.2, 0.25) is 10.0 Å². The first-order valence-electron chi connectivity index (χ1n) is 6.83. The number of ketones is 1. The number of Topliss-reactive ketones (excluding diaryl/α,β-unsaturated/α-hetero) is 1. The average molecular weight is 388 g/mol. The summed E-state index contributed by atoms with van der Waals surface area (Å²) in [5.41, 5.74) is 0.867. The minimum atomic E-state index is -3.35. The van der Waals surface area contributed by atoms with E-state index in [-0.39, 0.29) is 12.4 Å². The largest absolute Gasteiger partial charge is 0.484 e. The molecule has 5 nitrogen and oxygen atoms in total. The minimum Gasteiger partial charge on any atom is -0.484 e. The fourth-order valence-corrected chi connectivity index (χ4v) is 2.70. The van der Waals surface area contributed by atoms with Gasteiger partial charge in [-0.1, -0.05) is 23.2 Å². The Morgan fingerprint density at radius 3 is 2.33 bits per heavy atom. The van der Waals surface area contributed by atoms with Crippen molar-refractivity contribution in [1.82, 2.24) is 0 Å².